The topological polar surface area (TPSA) is 41.6 Å². The first-order valence-electron chi connectivity index (χ1n) is 6.18. The van der Waals surface area contributed by atoms with Crippen molar-refractivity contribution in [3.63, 3.8) is 0 Å². The highest BCUT2D eigenvalue weighted by atomic mass is 19.1. The molecule has 0 aliphatic carbocycles. The zero-order valence-electron chi connectivity index (χ0n) is 11.0. The van der Waals surface area contributed by atoms with Crippen LogP contribution in [0.3, 0.4) is 0 Å². The van der Waals surface area contributed by atoms with Crippen LogP contribution in [0.15, 0.2) is 0 Å². The van der Waals surface area contributed by atoms with E-state index >= 15 is 0 Å². The molecule has 1 N–H and O–H groups in total. The number of nitrogens with one attached hydrogen (secondary N) is 1. The number of piperidine rings is 1. The van der Waals surface area contributed by atoms with Crippen molar-refractivity contribution in [2.45, 2.75) is 45.3 Å². The number of nitrogens with zero attached hydrogens (tertiary/aromatic N) is 1. The Morgan fingerprint density at radius 1 is 1.41 bits per heavy atom. The summed E-state index contributed by atoms with van der Waals surface area (Å²) in [5.41, 5.74) is -0.272. The third-order valence-electron chi connectivity index (χ3n) is 2.69. The standard InChI is InChI=1S/C12H23FN2O2/c1-12(2,3)14-11(16)17-10-4-7-15(8-5-10)9-6-13/h10H,4-9H2,1-3H3,(H,14,16). The lowest BCUT2D eigenvalue weighted by atomic mass is 10.1. The zero-order valence-corrected chi connectivity index (χ0v) is 11.0. The first-order chi connectivity index (χ1) is 7.90. The summed E-state index contributed by atoms with van der Waals surface area (Å²) in [6.45, 7) is 7.53. The third-order valence-corrected chi connectivity index (χ3v) is 2.69. The van der Waals surface area contributed by atoms with E-state index in [1.807, 2.05) is 20.8 Å². The number of amides is 1. The first kappa shape index (κ1) is 14.2. The third kappa shape index (κ3) is 5.86. The lowest BCUT2D eigenvalue weighted by Crippen LogP contribution is -2.44. The highest BCUT2D eigenvalue weighted by Gasteiger charge is 2.23. The van der Waals surface area contributed by atoms with E-state index in [1.165, 1.54) is 0 Å². The Hall–Kier alpha value is -0.840. The largest absolute Gasteiger partial charge is 0.446 e. The number of hydrogen-bond acceptors (Lipinski definition) is 3. The molecule has 0 atom stereocenters. The van der Waals surface area contributed by atoms with Gasteiger partial charge in [-0.2, -0.15) is 0 Å². The van der Waals surface area contributed by atoms with Gasteiger partial charge in [-0.05, 0) is 33.6 Å². The number of alkyl halides is 1. The predicted octanol–water partition coefficient (Wildman–Crippen LogP) is 1.95. The molecule has 1 saturated heterocycles. The molecule has 1 amide bonds. The second kappa shape index (κ2) is 6.19. The van der Waals surface area contributed by atoms with Crippen molar-refractivity contribution in [2.75, 3.05) is 26.3 Å². The maximum Gasteiger partial charge on any atom is 0.407 e. The van der Waals surface area contributed by atoms with E-state index in [2.05, 4.69) is 10.2 Å². The number of carbonyl (C=O) groups is 1. The average molecular weight is 246 g/mol. The van der Waals surface area contributed by atoms with Gasteiger partial charge >= 0.3 is 6.09 Å². The SMILES string of the molecule is CC(C)(C)NC(=O)OC1CCN(CCF)CC1. The minimum Gasteiger partial charge on any atom is -0.446 e. The predicted molar refractivity (Wildman–Crippen MR) is 64.8 cm³/mol. The van der Waals surface area contributed by atoms with Gasteiger partial charge in [0.05, 0.1) is 0 Å². The van der Waals surface area contributed by atoms with Crippen LogP contribution in [0.4, 0.5) is 9.18 Å². The van der Waals surface area contributed by atoms with Crippen LogP contribution < -0.4 is 5.32 Å². The van der Waals surface area contributed by atoms with Crippen molar-refractivity contribution >= 4 is 6.09 Å². The molecular formula is C12H23FN2O2. The van der Waals surface area contributed by atoms with Gasteiger partial charge in [0.15, 0.2) is 0 Å². The van der Waals surface area contributed by atoms with E-state index in [0.717, 1.165) is 25.9 Å². The highest BCUT2D eigenvalue weighted by molar-refractivity contribution is 5.68. The van der Waals surface area contributed by atoms with Crippen molar-refractivity contribution in [1.82, 2.24) is 10.2 Å². The molecule has 0 unspecified atom stereocenters. The molecule has 0 aromatic carbocycles. The fourth-order valence-electron chi connectivity index (χ4n) is 1.86. The van der Waals surface area contributed by atoms with Gasteiger partial charge in [0, 0.05) is 25.2 Å². The number of rotatable bonds is 3. The Bertz CT molecular complexity index is 245. The van der Waals surface area contributed by atoms with Crippen LogP contribution in [-0.4, -0.2) is 48.9 Å². The van der Waals surface area contributed by atoms with Gasteiger partial charge in [0.25, 0.3) is 0 Å². The van der Waals surface area contributed by atoms with E-state index in [-0.39, 0.29) is 24.4 Å². The molecule has 17 heavy (non-hydrogen) atoms. The Balaban J connectivity index is 2.24. The van der Waals surface area contributed by atoms with Gasteiger partial charge in [-0.1, -0.05) is 0 Å². The summed E-state index contributed by atoms with van der Waals surface area (Å²) in [6.07, 6.45) is 1.18. The number of ether oxygens (including phenoxy) is 1. The van der Waals surface area contributed by atoms with Crippen LogP contribution in [0.5, 0.6) is 0 Å². The minimum absolute atomic E-state index is 0.0341. The van der Waals surface area contributed by atoms with E-state index in [1.54, 1.807) is 0 Å². The van der Waals surface area contributed by atoms with Crippen LogP contribution in [0, 0.1) is 0 Å². The quantitative estimate of drug-likeness (QED) is 0.827. The lowest BCUT2D eigenvalue weighted by molar-refractivity contribution is 0.0458. The fourth-order valence-corrected chi connectivity index (χ4v) is 1.86. The van der Waals surface area contributed by atoms with E-state index < -0.39 is 0 Å². The molecule has 5 heteroatoms. The van der Waals surface area contributed by atoms with Gasteiger partial charge in [-0.25, -0.2) is 9.18 Å². The summed E-state index contributed by atoms with van der Waals surface area (Å²) >= 11 is 0. The Morgan fingerprint density at radius 2 is 2.00 bits per heavy atom. The van der Waals surface area contributed by atoms with Gasteiger partial charge in [-0.3, -0.25) is 0 Å². The molecule has 1 rings (SSSR count). The number of carbonyl (C=O) groups excluding carboxylic acids is 1. The van der Waals surface area contributed by atoms with E-state index in [4.69, 9.17) is 4.74 Å². The smallest absolute Gasteiger partial charge is 0.407 e. The average Bonchev–Trinajstić information content (AvgIpc) is 2.18. The first-order valence-corrected chi connectivity index (χ1v) is 6.18. The Morgan fingerprint density at radius 3 is 2.47 bits per heavy atom. The molecule has 0 aromatic heterocycles. The Kier molecular flexibility index (Phi) is 5.18. The van der Waals surface area contributed by atoms with Gasteiger partial charge in [-0.15, -0.1) is 0 Å². The molecule has 0 bridgehead atoms. The second-order valence-electron chi connectivity index (χ2n) is 5.51. The summed E-state index contributed by atoms with van der Waals surface area (Å²) in [5.74, 6) is 0. The molecule has 0 saturated carbocycles. The minimum atomic E-state index is -0.360. The van der Waals surface area contributed by atoms with Crippen LogP contribution in [0.25, 0.3) is 0 Å². The molecule has 4 nitrogen and oxygen atoms in total. The summed E-state index contributed by atoms with van der Waals surface area (Å²) in [7, 11) is 0. The Labute approximate surface area is 102 Å². The number of halogens is 1. The van der Waals surface area contributed by atoms with Crippen molar-refractivity contribution < 1.29 is 13.9 Å². The lowest BCUT2D eigenvalue weighted by Gasteiger charge is -2.31. The van der Waals surface area contributed by atoms with Crippen molar-refractivity contribution in [3.05, 3.63) is 0 Å². The summed E-state index contributed by atoms with van der Waals surface area (Å²) in [5, 5.41) is 2.77. The fraction of sp³-hybridized carbons (Fsp3) is 0.917. The van der Waals surface area contributed by atoms with Crippen molar-refractivity contribution in [2.24, 2.45) is 0 Å². The molecule has 0 aromatic rings. The second-order valence-corrected chi connectivity index (χ2v) is 5.51. The van der Waals surface area contributed by atoms with Crippen LogP contribution >= 0.6 is 0 Å². The normalized spacial score (nSPS) is 19.1. The molecule has 0 spiro atoms. The van der Waals surface area contributed by atoms with Gasteiger partial charge in [0.2, 0.25) is 0 Å². The molecule has 1 aliphatic rings. The molecule has 1 fully saturated rings. The number of likely N-dealkylation sites (tertiary alicyclic amines) is 1. The molecule has 1 aliphatic heterocycles. The summed E-state index contributed by atoms with van der Waals surface area (Å²) < 4.78 is 17.5. The maximum atomic E-state index is 12.1. The highest BCUT2D eigenvalue weighted by Crippen LogP contribution is 2.14. The van der Waals surface area contributed by atoms with Crippen molar-refractivity contribution in [1.29, 1.82) is 0 Å². The zero-order chi connectivity index (χ0) is 12.9. The molecular weight excluding hydrogens is 223 g/mol. The van der Waals surface area contributed by atoms with Gasteiger partial charge < -0.3 is 15.0 Å². The molecule has 0 radical (unpaired) electrons. The summed E-state index contributed by atoms with van der Waals surface area (Å²) in [4.78, 5) is 13.6. The van der Waals surface area contributed by atoms with Crippen LogP contribution in [0.1, 0.15) is 33.6 Å². The van der Waals surface area contributed by atoms with E-state index in [0.29, 0.717) is 6.54 Å². The van der Waals surface area contributed by atoms with Gasteiger partial charge in [0.1, 0.15) is 12.8 Å². The van der Waals surface area contributed by atoms with Crippen LogP contribution in [-0.2, 0) is 4.74 Å². The maximum absolute atomic E-state index is 12.1. The number of hydrogen-bond donors (Lipinski definition) is 1. The van der Waals surface area contributed by atoms with Crippen LogP contribution in [0.2, 0.25) is 0 Å². The number of alkyl carbamates (subject to hydrolysis) is 1. The molecule has 100 valence electrons. The molecule has 1 heterocycles. The summed E-state index contributed by atoms with van der Waals surface area (Å²) in [6, 6.07) is 0. The van der Waals surface area contributed by atoms with Crippen molar-refractivity contribution in [3.8, 4) is 0 Å². The van der Waals surface area contributed by atoms with E-state index in [9.17, 15) is 9.18 Å². The monoisotopic (exact) mass is 246 g/mol.